The molecule has 2 aromatic carbocycles. The van der Waals surface area contributed by atoms with Gasteiger partial charge >= 0.3 is 5.97 Å². The molecule has 1 unspecified atom stereocenters. The third-order valence-corrected chi connectivity index (χ3v) is 4.14. The van der Waals surface area contributed by atoms with Gasteiger partial charge in [0.2, 0.25) is 0 Å². The molecule has 0 aliphatic carbocycles. The molecule has 1 N–H and O–H groups in total. The van der Waals surface area contributed by atoms with Gasteiger partial charge in [0.05, 0.1) is 19.1 Å². The fraction of sp³-hybridized carbons (Fsp3) is 0.381. The molecule has 24 heavy (non-hydrogen) atoms. The summed E-state index contributed by atoms with van der Waals surface area (Å²) in [6.45, 7) is 6.52. The molecule has 0 bridgehead atoms. The number of hydrogen-bond acceptors (Lipinski definition) is 3. The molecular formula is C21H27NO2. The Morgan fingerprint density at radius 2 is 1.46 bits per heavy atom. The van der Waals surface area contributed by atoms with Crippen LogP contribution in [0, 0.1) is 5.92 Å². The summed E-state index contributed by atoms with van der Waals surface area (Å²) >= 11 is 0. The third-order valence-electron chi connectivity index (χ3n) is 4.14. The minimum Gasteiger partial charge on any atom is -0.466 e. The average molecular weight is 325 g/mol. The van der Waals surface area contributed by atoms with E-state index in [9.17, 15) is 4.79 Å². The number of carbonyl (C=O) groups is 1. The van der Waals surface area contributed by atoms with Crippen molar-refractivity contribution in [2.75, 3.05) is 6.61 Å². The Morgan fingerprint density at radius 1 is 0.958 bits per heavy atom. The predicted molar refractivity (Wildman–Crippen MR) is 97.7 cm³/mol. The van der Waals surface area contributed by atoms with Crippen LogP contribution in [0.25, 0.3) is 0 Å². The summed E-state index contributed by atoms with van der Waals surface area (Å²) in [5.41, 5.74) is 2.39. The standard InChI is InChI=1S/C21H27NO2/c1-4-24-20(23)15-19(16(2)3)22-21(17-11-7-5-8-12-17)18-13-9-6-10-14-18/h5-14,16,19,21-22H,4,15H2,1-3H3. The van der Waals surface area contributed by atoms with E-state index in [0.29, 0.717) is 18.9 Å². The molecule has 0 saturated heterocycles. The second-order valence-corrected chi connectivity index (χ2v) is 6.28. The van der Waals surface area contributed by atoms with Crippen molar-refractivity contribution in [2.45, 2.75) is 39.3 Å². The first kappa shape index (κ1) is 18.2. The first-order valence-electron chi connectivity index (χ1n) is 8.63. The smallest absolute Gasteiger partial charge is 0.307 e. The van der Waals surface area contributed by atoms with Gasteiger partial charge in [-0.2, -0.15) is 0 Å². The van der Waals surface area contributed by atoms with E-state index in [1.54, 1.807) is 0 Å². The molecule has 0 fully saturated rings. The lowest BCUT2D eigenvalue weighted by Gasteiger charge is -2.28. The molecular weight excluding hydrogens is 298 g/mol. The average Bonchev–Trinajstić information content (AvgIpc) is 2.60. The molecule has 3 heteroatoms. The van der Waals surface area contributed by atoms with Gasteiger partial charge in [0.1, 0.15) is 0 Å². The van der Waals surface area contributed by atoms with Gasteiger partial charge in [-0.15, -0.1) is 0 Å². The van der Waals surface area contributed by atoms with E-state index >= 15 is 0 Å². The van der Waals surface area contributed by atoms with E-state index in [0.717, 1.165) is 0 Å². The molecule has 0 radical (unpaired) electrons. The van der Waals surface area contributed by atoms with Gasteiger partial charge in [0.25, 0.3) is 0 Å². The summed E-state index contributed by atoms with van der Waals surface area (Å²) < 4.78 is 5.14. The SMILES string of the molecule is CCOC(=O)CC(NC(c1ccccc1)c1ccccc1)C(C)C. The van der Waals surface area contributed by atoms with Crippen LogP contribution in [0.1, 0.15) is 44.4 Å². The summed E-state index contributed by atoms with van der Waals surface area (Å²) in [7, 11) is 0. The molecule has 3 nitrogen and oxygen atoms in total. The molecule has 0 aromatic heterocycles. The van der Waals surface area contributed by atoms with E-state index in [4.69, 9.17) is 4.74 Å². The first-order valence-corrected chi connectivity index (χ1v) is 8.63. The number of esters is 1. The lowest BCUT2D eigenvalue weighted by Crippen LogP contribution is -2.39. The highest BCUT2D eigenvalue weighted by Gasteiger charge is 2.23. The quantitative estimate of drug-likeness (QED) is 0.734. The van der Waals surface area contributed by atoms with Crippen molar-refractivity contribution < 1.29 is 9.53 Å². The van der Waals surface area contributed by atoms with Crippen molar-refractivity contribution >= 4 is 5.97 Å². The second kappa shape index (κ2) is 9.24. The summed E-state index contributed by atoms with van der Waals surface area (Å²) in [4.78, 5) is 12.0. The predicted octanol–water partition coefficient (Wildman–Crippen LogP) is 4.34. The van der Waals surface area contributed by atoms with Crippen LogP contribution in [-0.2, 0) is 9.53 Å². The Labute approximate surface area is 145 Å². The fourth-order valence-electron chi connectivity index (χ4n) is 2.78. The molecule has 2 rings (SSSR count). The van der Waals surface area contributed by atoms with Crippen molar-refractivity contribution in [1.29, 1.82) is 0 Å². The van der Waals surface area contributed by atoms with E-state index in [2.05, 4.69) is 43.4 Å². The van der Waals surface area contributed by atoms with E-state index in [1.165, 1.54) is 11.1 Å². The molecule has 1 atom stereocenters. The van der Waals surface area contributed by atoms with Crippen LogP contribution < -0.4 is 5.32 Å². The lowest BCUT2D eigenvalue weighted by atomic mass is 9.94. The number of hydrogen-bond donors (Lipinski definition) is 1. The topological polar surface area (TPSA) is 38.3 Å². The fourth-order valence-corrected chi connectivity index (χ4v) is 2.78. The van der Waals surface area contributed by atoms with Crippen molar-refractivity contribution in [2.24, 2.45) is 5.92 Å². The molecule has 128 valence electrons. The van der Waals surface area contributed by atoms with Crippen LogP contribution in [-0.4, -0.2) is 18.6 Å². The van der Waals surface area contributed by atoms with E-state index in [-0.39, 0.29) is 18.1 Å². The van der Waals surface area contributed by atoms with Gasteiger partial charge in [-0.25, -0.2) is 0 Å². The number of carbonyl (C=O) groups excluding carboxylic acids is 1. The van der Waals surface area contributed by atoms with Gasteiger partial charge in [-0.3, -0.25) is 4.79 Å². The minimum absolute atomic E-state index is 0.0502. The zero-order valence-corrected chi connectivity index (χ0v) is 14.7. The summed E-state index contributed by atoms with van der Waals surface area (Å²) in [5, 5.41) is 3.67. The van der Waals surface area contributed by atoms with E-state index in [1.807, 2.05) is 43.3 Å². The maximum Gasteiger partial charge on any atom is 0.307 e. The Morgan fingerprint density at radius 3 is 1.88 bits per heavy atom. The van der Waals surface area contributed by atoms with E-state index < -0.39 is 0 Å². The monoisotopic (exact) mass is 325 g/mol. The highest BCUT2D eigenvalue weighted by atomic mass is 16.5. The molecule has 0 saturated carbocycles. The largest absolute Gasteiger partial charge is 0.466 e. The van der Waals surface area contributed by atoms with Gasteiger partial charge < -0.3 is 10.1 Å². The van der Waals surface area contributed by atoms with Crippen molar-refractivity contribution in [3.63, 3.8) is 0 Å². The Kier molecular flexibility index (Phi) is 7.01. The van der Waals surface area contributed by atoms with Crippen molar-refractivity contribution in [1.82, 2.24) is 5.32 Å². The summed E-state index contributed by atoms with van der Waals surface area (Å²) in [5.74, 6) is 0.174. The Hall–Kier alpha value is -2.13. The Bertz CT molecular complexity index is 571. The molecule has 2 aromatic rings. The molecule has 0 amide bonds. The van der Waals surface area contributed by atoms with Gasteiger partial charge in [-0.05, 0) is 24.0 Å². The van der Waals surface area contributed by atoms with Crippen molar-refractivity contribution in [3.05, 3.63) is 71.8 Å². The first-order chi connectivity index (χ1) is 11.6. The zero-order chi connectivity index (χ0) is 17.4. The molecule has 0 aliphatic heterocycles. The summed E-state index contributed by atoms with van der Waals surface area (Å²) in [6, 6.07) is 20.8. The third kappa shape index (κ3) is 5.20. The van der Waals surface area contributed by atoms with Crippen LogP contribution >= 0.6 is 0 Å². The zero-order valence-electron chi connectivity index (χ0n) is 14.7. The minimum atomic E-state index is -0.149. The van der Waals surface area contributed by atoms with Crippen molar-refractivity contribution in [3.8, 4) is 0 Å². The highest BCUT2D eigenvalue weighted by molar-refractivity contribution is 5.70. The lowest BCUT2D eigenvalue weighted by molar-refractivity contribution is -0.144. The number of nitrogens with one attached hydrogen (secondary N) is 1. The Balaban J connectivity index is 2.24. The number of ether oxygens (including phenoxy) is 1. The normalized spacial score (nSPS) is 12.4. The maximum absolute atomic E-state index is 12.0. The highest BCUT2D eigenvalue weighted by Crippen LogP contribution is 2.24. The molecule has 0 aliphatic rings. The summed E-state index contributed by atoms with van der Waals surface area (Å²) in [6.07, 6.45) is 0.377. The van der Waals surface area contributed by atoms with Crippen LogP contribution in [0.3, 0.4) is 0 Å². The van der Waals surface area contributed by atoms with Gasteiger partial charge in [-0.1, -0.05) is 74.5 Å². The molecule has 0 heterocycles. The van der Waals surface area contributed by atoms with Gasteiger partial charge in [0, 0.05) is 6.04 Å². The second-order valence-electron chi connectivity index (χ2n) is 6.28. The van der Waals surface area contributed by atoms with Crippen LogP contribution in [0.4, 0.5) is 0 Å². The number of rotatable bonds is 8. The van der Waals surface area contributed by atoms with Crippen LogP contribution in [0.15, 0.2) is 60.7 Å². The number of benzene rings is 2. The van der Waals surface area contributed by atoms with Gasteiger partial charge in [0.15, 0.2) is 0 Å². The van der Waals surface area contributed by atoms with Crippen LogP contribution in [0.5, 0.6) is 0 Å². The van der Waals surface area contributed by atoms with Crippen LogP contribution in [0.2, 0.25) is 0 Å². The maximum atomic E-state index is 12.0. The molecule has 0 spiro atoms.